The van der Waals surface area contributed by atoms with Gasteiger partial charge in [0.1, 0.15) is 0 Å². The van der Waals surface area contributed by atoms with E-state index in [-0.39, 0.29) is 18.2 Å². The molecule has 0 saturated carbocycles. The Bertz CT molecular complexity index is 507. The minimum absolute atomic E-state index is 0.146. The standard InChI is InChI=1S/C14H16N2O4/c17-12(18)8-2-1-5-9-15-16-13(19)10-6-3-4-7-11(10)14(16)20/h3-4,6-7,15H,1-2,5,8-9H2,(H,17,18). The number of hydrazine groups is 1. The van der Waals surface area contributed by atoms with Crippen LogP contribution in [-0.2, 0) is 4.79 Å². The number of fused-ring (bicyclic) bond motifs is 1. The lowest BCUT2D eigenvalue weighted by Crippen LogP contribution is -2.42. The normalized spacial score (nSPS) is 13.7. The van der Waals surface area contributed by atoms with Gasteiger partial charge < -0.3 is 5.11 Å². The van der Waals surface area contributed by atoms with Crippen molar-refractivity contribution in [3.8, 4) is 0 Å². The number of carboxylic acid groups (broad SMARTS) is 1. The third-order valence-corrected chi connectivity index (χ3v) is 3.13. The van der Waals surface area contributed by atoms with Crippen LogP contribution >= 0.6 is 0 Å². The van der Waals surface area contributed by atoms with Crippen LogP contribution in [0.1, 0.15) is 46.4 Å². The smallest absolute Gasteiger partial charge is 0.303 e. The van der Waals surface area contributed by atoms with Crippen LogP contribution in [0.4, 0.5) is 0 Å². The summed E-state index contributed by atoms with van der Waals surface area (Å²) in [6, 6.07) is 6.70. The molecule has 0 radical (unpaired) electrons. The van der Waals surface area contributed by atoms with Crippen LogP contribution < -0.4 is 5.43 Å². The maximum Gasteiger partial charge on any atom is 0.303 e. The second-order valence-corrected chi connectivity index (χ2v) is 4.60. The molecular weight excluding hydrogens is 260 g/mol. The van der Waals surface area contributed by atoms with Gasteiger partial charge in [-0.1, -0.05) is 18.6 Å². The van der Waals surface area contributed by atoms with Crippen LogP contribution in [0.5, 0.6) is 0 Å². The van der Waals surface area contributed by atoms with Crippen molar-refractivity contribution in [1.82, 2.24) is 10.4 Å². The van der Waals surface area contributed by atoms with Gasteiger partial charge in [0.05, 0.1) is 11.1 Å². The third-order valence-electron chi connectivity index (χ3n) is 3.13. The molecule has 106 valence electrons. The molecule has 20 heavy (non-hydrogen) atoms. The van der Waals surface area contributed by atoms with Gasteiger partial charge >= 0.3 is 5.97 Å². The summed E-state index contributed by atoms with van der Waals surface area (Å²) in [5, 5.41) is 9.53. The van der Waals surface area contributed by atoms with E-state index in [0.717, 1.165) is 11.4 Å². The third kappa shape index (κ3) is 3.03. The van der Waals surface area contributed by atoms with Crippen molar-refractivity contribution < 1.29 is 19.5 Å². The predicted octanol–water partition coefficient (Wildman–Crippen LogP) is 1.43. The van der Waals surface area contributed by atoms with Crippen LogP contribution in [0.15, 0.2) is 24.3 Å². The second-order valence-electron chi connectivity index (χ2n) is 4.60. The van der Waals surface area contributed by atoms with Gasteiger partial charge in [-0.3, -0.25) is 14.4 Å². The zero-order chi connectivity index (χ0) is 14.5. The molecule has 6 heteroatoms. The molecule has 0 unspecified atom stereocenters. The highest BCUT2D eigenvalue weighted by Gasteiger charge is 2.34. The zero-order valence-corrected chi connectivity index (χ0v) is 11.0. The number of imide groups is 1. The number of nitrogens with one attached hydrogen (secondary N) is 1. The fraction of sp³-hybridized carbons (Fsp3) is 0.357. The Morgan fingerprint density at radius 3 is 2.20 bits per heavy atom. The second kappa shape index (κ2) is 6.29. The highest BCUT2D eigenvalue weighted by Crippen LogP contribution is 2.20. The molecule has 0 saturated heterocycles. The van der Waals surface area contributed by atoms with E-state index in [1.54, 1.807) is 24.3 Å². The van der Waals surface area contributed by atoms with E-state index in [1.807, 2.05) is 0 Å². The number of hydrogen-bond donors (Lipinski definition) is 2. The molecule has 0 bridgehead atoms. The van der Waals surface area contributed by atoms with Crippen LogP contribution in [0.25, 0.3) is 0 Å². The summed E-state index contributed by atoms with van der Waals surface area (Å²) in [7, 11) is 0. The van der Waals surface area contributed by atoms with E-state index >= 15 is 0 Å². The Morgan fingerprint density at radius 2 is 1.65 bits per heavy atom. The van der Waals surface area contributed by atoms with Crippen molar-refractivity contribution in [3.63, 3.8) is 0 Å². The fourth-order valence-corrected chi connectivity index (χ4v) is 2.10. The minimum Gasteiger partial charge on any atom is -0.481 e. The molecule has 0 aliphatic carbocycles. The molecule has 1 aromatic rings. The molecule has 1 aromatic carbocycles. The molecule has 2 amide bonds. The van der Waals surface area contributed by atoms with Crippen molar-refractivity contribution in [3.05, 3.63) is 35.4 Å². The molecule has 1 aliphatic heterocycles. The summed E-state index contributed by atoms with van der Waals surface area (Å²) in [6.07, 6.45) is 2.19. The van der Waals surface area contributed by atoms with E-state index in [1.165, 1.54) is 0 Å². The maximum atomic E-state index is 12.0. The Hall–Kier alpha value is -2.21. The first-order valence-electron chi connectivity index (χ1n) is 6.54. The summed E-state index contributed by atoms with van der Waals surface area (Å²) in [4.78, 5) is 34.3. The average molecular weight is 276 g/mol. The molecule has 2 N–H and O–H groups in total. The topological polar surface area (TPSA) is 86.7 Å². The molecule has 0 atom stereocenters. The summed E-state index contributed by atoms with van der Waals surface area (Å²) >= 11 is 0. The predicted molar refractivity (Wildman–Crippen MR) is 71.0 cm³/mol. The number of carbonyl (C=O) groups excluding carboxylic acids is 2. The number of benzene rings is 1. The molecule has 6 nitrogen and oxygen atoms in total. The van der Waals surface area contributed by atoms with Gasteiger partial charge in [0.25, 0.3) is 11.8 Å². The van der Waals surface area contributed by atoms with E-state index in [9.17, 15) is 14.4 Å². The number of unbranched alkanes of at least 4 members (excludes halogenated alkanes) is 2. The van der Waals surface area contributed by atoms with E-state index in [0.29, 0.717) is 30.5 Å². The number of hydrogen-bond acceptors (Lipinski definition) is 4. The van der Waals surface area contributed by atoms with E-state index in [2.05, 4.69) is 5.43 Å². The van der Waals surface area contributed by atoms with Gasteiger partial charge in [0.2, 0.25) is 0 Å². The van der Waals surface area contributed by atoms with Gasteiger partial charge in [-0.05, 0) is 25.0 Å². The molecule has 1 heterocycles. The first kappa shape index (κ1) is 14.2. The quantitative estimate of drug-likeness (QED) is 0.581. The van der Waals surface area contributed by atoms with Crippen LogP contribution in [0.2, 0.25) is 0 Å². The summed E-state index contributed by atoms with van der Waals surface area (Å²) in [5.41, 5.74) is 3.63. The van der Waals surface area contributed by atoms with Crippen molar-refractivity contribution in [1.29, 1.82) is 0 Å². The van der Waals surface area contributed by atoms with Crippen LogP contribution in [-0.4, -0.2) is 34.4 Å². The first-order valence-corrected chi connectivity index (χ1v) is 6.54. The van der Waals surface area contributed by atoms with Crippen molar-refractivity contribution >= 4 is 17.8 Å². The van der Waals surface area contributed by atoms with Gasteiger partial charge in [-0.25, -0.2) is 10.4 Å². The average Bonchev–Trinajstić information content (AvgIpc) is 2.67. The number of amides is 2. The van der Waals surface area contributed by atoms with Crippen LogP contribution in [0.3, 0.4) is 0 Å². The summed E-state index contributed by atoms with van der Waals surface area (Å²) < 4.78 is 0. The Kier molecular flexibility index (Phi) is 4.47. The van der Waals surface area contributed by atoms with Gasteiger partial charge in [0.15, 0.2) is 0 Å². The Labute approximate surface area is 116 Å². The number of nitrogens with zero attached hydrogens (tertiary/aromatic N) is 1. The van der Waals surface area contributed by atoms with Crippen molar-refractivity contribution in [2.45, 2.75) is 25.7 Å². The number of rotatable bonds is 7. The number of aliphatic carboxylic acids is 1. The SMILES string of the molecule is O=C(O)CCCCCNN1C(=O)c2ccccc2C1=O. The Balaban J connectivity index is 1.79. The fourth-order valence-electron chi connectivity index (χ4n) is 2.10. The summed E-state index contributed by atoms with van der Waals surface area (Å²) in [5.74, 6) is -1.48. The highest BCUT2D eigenvalue weighted by molar-refractivity contribution is 6.20. The largest absolute Gasteiger partial charge is 0.481 e. The van der Waals surface area contributed by atoms with Crippen molar-refractivity contribution in [2.75, 3.05) is 6.54 Å². The maximum absolute atomic E-state index is 12.0. The van der Waals surface area contributed by atoms with Gasteiger partial charge in [-0.2, -0.15) is 0 Å². The lowest BCUT2D eigenvalue weighted by atomic mass is 10.1. The molecule has 0 spiro atoms. The lowest BCUT2D eigenvalue weighted by molar-refractivity contribution is -0.137. The number of carbonyl (C=O) groups is 3. The van der Waals surface area contributed by atoms with Crippen molar-refractivity contribution in [2.24, 2.45) is 0 Å². The molecule has 2 rings (SSSR count). The molecular formula is C14H16N2O4. The summed E-state index contributed by atoms with van der Waals surface area (Å²) in [6.45, 7) is 0.463. The molecule has 0 fully saturated rings. The van der Waals surface area contributed by atoms with Crippen LogP contribution in [0, 0.1) is 0 Å². The minimum atomic E-state index is -0.807. The Morgan fingerprint density at radius 1 is 1.05 bits per heavy atom. The monoisotopic (exact) mass is 276 g/mol. The lowest BCUT2D eigenvalue weighted by Gasteiger charge is -2.14. The van der Waals surface area contributed by atoms with Gasteiger partial charge in [0, 0.05) is 13.0 Å². The van der Waals surface area contributed by atoms with Gasteiger partial charge in [-0.15, -0.1) is 0 Å². The zero-order valence-electron chi connectivity index (χ0n) is 11.0. The first-order chi connectivity index (χ1) is 9.61. The highest BCUT2D eigenvalue weighted by atomic mass is 16.4. The molecule has 1 aliphatic rings. The van der Waals surface area contributed by atoms with E-state index in [4.69, 9.17) is 5.11 Å². The molecule has 0 aromatic heterocycles. The number of carboxylic acids is 1. The van der Waals surface area contributed by atoms with E-state index < -0.39 is 5.97 Å².